The van der Waals surface area contributed by atoms with Crippen molar-refractivity contribution in [2.75, 3.05) is 6.61 Å². The second kappa shape index (κ2) is 5.08. The van der Waals surface area contributed by atoms with E-state index in [0.717, 1.165) is 18.4 Å². The molecule has 1 amide bonds. The van der Waals surface area contributed by atoms with E-state index in [1.165, 1.54) is 12.1 Å². The summed E-state index contributed by atoms with van der Waals surface area (Å²) >= 11 is 0. The molecule has 0 aromatic heterocycles. The lowest BCUT2D eigenvalue weighted by molar-refractivity contribution is -0.124. The Morgan fingerprint density at radius 2 is 2.17 bits per heavy atom. The number of aromatic hydroxyl groups is 1. The maximum Gasteiger partial charge on any atom is 0.342 e. The molecular weight excluding hydrogens is 234 g/mol. The zero-order valence-corrected chi connectivity index (χ0v) is 10.1. The molecule has 1 aromatic carbocycles. The van der Waals surface area contributed by atoms with Gasteiger partial charge in [-0.05, 0) is 37.5 Å². The lowest BCUT2D eigenvalue weighted by Gasteiger charge is -2.07. The third-order valence-electron chi connectivity index (χ3n) is 2.65. The van der Waals surface area contributed by atoms with Crippen molar-refractivity contribution in [1.82, 2.24) is 5.32 Å². The monoisotopic (exact) mass is 249 g/mol. The maximum absolute atomic E-state index is 11.6. The van der Waals surface area contributed by atoms with Gasteiger partial charge < -0.3 is 15.2 Å². The number of rotatable bonds is 4. The molecular formula is C13H15NO4. The van der Waals surface area contributed by atoms with E-state index >= 15 is 0 Å². The van der Waals surface area contributed by atoms with Gasteiger partial charge in [0.25, 0.3) is 5.91 Å². The Morgan fingerprint density at radius 3 is 2.78 bits per heavy atom. The highest BCUT2D eigenvalue weighted by Crippen LogP contribution is 2.20. The van der Waals surface area contributed by atoms with Crippen LogP contribution in [-0.2, 0) is 9.53 Å². The highest BCUT2D eigenvalue weighted by Gasteiger charge is 2.23. The summed E-state index contributed by atoms with van der Waals surface area (Å²) in [6, 6.07) is 4.89. The Kier molecular flexibility index (Phi) is 3.50. The van der Waals surface area contributed by atoms with Gasteiger partial charge in [-0.3, -0.25) is 4.79 Å². The smallest absolute Gasteiger partial charge is 0.342 e. The van der Waals surface area contributed by atoms with Crippen molar-refractivity contribution in [2.24, 2.45) is 0 Å². The molecule has 1 aromatic rings. The van der Waals surface area contributed by atoms with Crippen LogP contribution in [0.15, 0.2) is 18.2 Å². The number of esters is 1. The average molecular weight is 249 g/mol. The summed E-state index contributed by atoms with van der Waals surface area (Å²) in [5, 5.41) is 12.3. The Labute approximate surface area is 105 Å². The topological polar surface area (TPSA) is 75.6 Å². The minimum absolute atomic E-state index is 0.0693. The number of carbonyl (C=O) groups excluding carboxylic acids is 2. The fourth-order valence-corrected chi connectivity index (χ4v) is 1.52. The number of benzene rings is 1. The van der Waals surface area contributed by atoms with Gasteiger partial charge in [0, 0.05) is 6.04 Å². The van der Waals surface area contributed by atoms with E-state index in [4.69, 9.17) is 4.74 Å². The number of aryl methyl sites for hydroxylation is 1. The fourth-order valence-electron chi connectivity index (χ4n) is 1.52. The van der Waals surface area contributed by atoms with E-state index in [0.29, 0.717) is 0 Å². The highest BCUT2D eigenvalue weighted by atomic mass is 16.5. The Balaban J connectivity index is 1.88. The van der Waals surface area contributed by atoms with E-state index in [1.807, 2.05) is 0 Å². The van der Waals surface area contributed by atoms with Gasteiger partial charge >= 0.3 is 5.97 Å². The van der Waals surface area contributed by atoms with Gasteiger partial charge in [0.05, 0.1) is 0 Å². The van der Waals surface area contributed by atoms with Crippen molar-refractivity contribution in [2.45, 2.75) is 25.8 Å². The molecule has 0 heterocycles. The second-order valence-electron chi connectivity index (χ2n) is 4.44. The third kappa shape index (κ3) is 3.23. The number of hydrogen-bond acceptors (Lipinski definition) is 4. The van der Waals surface area contributed by atoms with Crippen LogP contribution < -0.4 is 5.32 Å². The minimum Gasteiger partial charge on any atom is -0.507 e. The number of amides is 1. The maximum atomic E-state index is 11.6. The predicted molar refractivity (Wildman–Crippen MR) is 64.3 cm³/mol. The van der Waals surface area contributed by atoms with Crippen LogP contribution in [0.25, 0.3) is 0 Å². The van der Waals surface area contributed by atoms with Crippen LogP contribution in [0.2, 0.25) is 0 Å². The summed E-state index contributed by atoms with van der Waals surface area (Å²) in [6.45, 7) is 1.49. The first kappa shape index (κ1) is 12.4. The van der Waals surface area contributed by atoms with E-state index in [-0.39, 0.29) is 29.9 Å². The van der Waals surface area contributed by atoms with Crippen molar-refractivity contribution in [3.8, 4) is 5.75 Å². The van der Waals surface area contributed by atoms with E-state index in [9.17, 15) is 14.7 Å². The summed E-state index contributed by atoms with van der Waals surface area (Å²) in [5.74, 6) is -1.14. The van der Waals surface area contributed by atoms with Crippen LogP contribution >= 0.6 is 0 Å². The lowest BCUT2D eigenvalue weighted by Crippen LogP contribution is -2.30. The summed E-state index contributed by atoms with van der Waals surface area (Å²) in [4.78, 5) is 22.9. The molecule has 5 heteroatoms. The average Bonchev–Trinajstić information content (AvgIpc) is 3.10. The van der Waals surface area contributed by atoms with Crippen LogP contribution in [0.5, 0.6) is 5.75 Å². The lowest BCUT2D eigenvalue weighted by atomic mass is 10.1. The van der Waals surface area contributed by atoms with Crippen LogP contribution in [0.3, 0.4) is 0 Å². The molecule has 1 aliphatic rings. The number of phenols is 1. The fraction of sp³-hybridized carbons (Fsp3) is 0.385. The first-order valence-corrected chi connectivity index (χ1v) is 5.82. The van der Waals surface area contributed by atoms with Gasteiger partial charge in [-0.25, -0.2) is 4.79 Å². The second-order valence-corrected chi connectivity index (χ2v) is 4.44. The SMILES string of the molecule is Cc1ccc(C(=O)OCC(=O)NC2CC2)c(O)c1. The molecule has 5 nitrogen and oxygen atoms in total. The Morgan fingerprint density at radius 1 is 1.44 bits per heavy atom. The van der Waals surface area contributed by atoms with Crippen molar-refractivity contribution < 1.29 is 19.4 Å². The molecule has 0 unspecified atom stereocenters. The molecule has 0 spiro atoms. The van der Waals surface area contributed by atoms with Crippen LogP contribution in [-0.4, -0.2) is 29.6 Å². The van der Waals surface area contributed by atoms with Gasteiger partial charge in [0.15, 0.2) is 6.61 Å². The third-order valence-corrected chi connectivity index (χ3v) is 2.65. The van der Waals surface area contributed by atoms with Crippen molar-refractivity contribution in [3.63, 3.8) is 0 Å². The molecule has 0 atom stereocenters. The quantitative estimate of drug-likeness (QED) is 0.784. The molecule has 1 fully saturated rings. The van der Waals surface area contributed by atoms with E-state index in [2.05, 4.69) is 5.32 Å². The molecule has 1 aliphatic carbocycles. The molecule has 1 saturated carbocycles. The summed E-state index contributed by atoms with van der Waals surface area (Å²) in [7, 11) is 0. The minimum atomic E-state index is -0.696. The van der Waals surface area contributed by atoms with Crippen molar-refractivity contribution in [3.05, 3.63) is 29.3 Å². The molecule has 2 N–H and O–H groups in total. The number of nitrogens with one attached hydrogen (secondary N) is 1. The molecule has 18 heavy (non-hydrogen) atoms. The summed E-state index contributed by atoms with van der Waals surface area (Å²) < 4.78 is 4.83. The Bertz CT molecular complexity index is 480. The summed E-state index contributed by atoms with van der Waals surface area (Å²) in [6.07, 6.45) is 1.97. The molecule has 96 valence electrons. The van der Waals surface area contributed by atoms with Gasteiger partial charge in [-0.2, -0.15) is 0 Å². The largest absolute Gasteiger partial charge is 0.507 e. The zero-order valence-electron chi connectivity index (χ0n) is 10.1. The molecule has 0 bridgehead atoms. The number of ether oxygens (including phenoxy) is 1. The van der Waals surface area contributed by atoms with Crippen LogP contribution in [0, 0.1) is 6.92 Å². The molecule has 0 radical (unpaired) electrons. The highest BCUT2D eigenvalue weighted by molar-refractivity contribution is 5.94. The van der Waals surface area contributed by atoms with Crippen LogP contribution in [0.1, 0.15) is 28.8 Å². The van der Waals surface area contributed by atoms with Crippen molar-refractivity contribution in [1.29, 1.82) is 0 Å². The number of phenolic OH excluding ortho intramolecular Hbond substituents is 1. The zero-order chi connectivity index (χ0) is 13.1. The summed E-state index contributed by atoms with van der Waals surface area (Å²) in [5.41, 5.74) is 0.912. The number of carbonyl (C=O) groups is 2. The van der Waals surface area contributed by atoms with Gasteiger partial charge in [0.2, 0.25) is 0 Å². The van der Waals surface area contributed by atoms with Gasteiger partial charge in [-0.15, -0.1) is 0 Å². The predicted octanol–water partition coefficient (Wildman–Crippen LogP) is 1.14. The van der Waals surface area contributed by atoms with E-state index in [1.54, 1.807) is 13.0 Å². The van der Waals surface area contributed by atoms with E-state index < -0.39 is 5.97 Å². The number of hydrogen-bond donors (Lipinski definition) is 2. The molecule has 0 aliphatic heterocycles. The first-order valence-electron chi connectivity index (χ1n) is 5.82. The Hall–Kier alpha value is -2.04. The first-order chi connectivity index (χ1) is 8.56. The van der Waals surface area contributed by atoms with Crippen LogP contribution in [0.4, 0.5) is 0 Å². The van der Waals surface area contributed by atoms with Crippen molar-refractivity contribution >= 4 is 11.9 Å². The van der Waals surface area contributed by atoms with Gasteiger partial charge in [0.1, 0.15) is 11.3 Å². The normalized spacial score (nSPS) is 14.1. The standard InChI is InChI=1S/C13H15NO4/c1-8-2-5-10(11(15)6-8)13(17)18-7-12(16)14-9-3-4-9/h2,5-6,9,15H,3-4,7H2,1H3,(H,14,16). The molecule has 0 saturated heterocycles. The van der Waals surface area contributed by atoms with Gasteiger partial charge in [-0.1, -0.05) is 6.07 Å². The molecule has 2 rings (SSSR count).